The predicted octanol–water partition coefficient (Wildman–Crippen LogP) is -0.689. The lowest BCUT2D eigenvalue weighted by Crippen LogP contribution is -2.01. The molecule has 0 amide bonds. The molecule has 0 saturated carbocycles. The Bertz CT molecular complexity index is 158. The Kier molecular flexibility index (Phi) is 1.54. The zero-order valence-corrected chi connectivity index (χ0v) is 4.28. The summed E-state index contributed by atoms with van der Waals surface area (Å²) in [5.41, 5.74) is 0.653. The van der Waals surface area contributed by atoms with Gasteiger partial charge in [-0.1, -0.05) is 4.99 Å². The van der Waals surface area contributed by atoms with Gasteiger partial charge in [-0.15, -0.1) is 0 Å². The number of hydrogen-bond acceptors (Lipinski definition) is 3. The Balaban J connectivity index is 2.68. The largest absolute Gasteiger partial charge is 0.388 e. The Morgan fingerprint density at radius 1 is 1.75 bits per heavy atom. The molecule has 0 bridgehead atoms. The van der Waals surface area contributed by atoms with Crippen molar-refractivity contribution in [1.82, 2.24) is 4.99 Å². The lowest BCUT2D eigenvalue weighted by Gasteiger charge is -1.82. The van der Waals surface area contributed by atoms with Crippen LogP contribution in [-0.2, 0) is 0 Å². The van der Waals surface area contributed by atoms with Gasteiger partial charge in [0.2, 0.25) is 0 Å². The molecule has 1 radical (unpaired) electrons. The first-order valence-corrected chi connectivity index (χ1v) is 2.29. The molecule has 0 fully saturated rings. The Labute approximate surface area is 47.1 Å². The molecule has 8 heavy (non-hydrogen) atoms. The highest BCUT2D eigenvalue weighted by Crippen LogP contribution is 1.84. The quantitative estimate of drug-likeness (QED) is 0.477. The van der Waals surface area contributed by atoms with Crippen LogP contribution in [0.5, 0.6) is 0 Å². The van der Waals surface area contributed by atoms with Crippen LogP contribution in [0.2, 0.25) is 0 Å². The molecule has 1 aliphatic heterocycles. The minimum Gasteiger partial charge on any atom is -0.388 e. The first-order chi connectivity index (χ1) is 3.93. The van der Waals surface area contributed by atoms with Crippen LogP contribution in [0.4, 0.5) is 0 Å². The van der Waals surface area contributed by atoms with Gasteiger partial charge in [0.25, 0.3) is 0 Å². The maximum atomic E-state index is 8.45. The predicted molar refractivity (Wildman–Crippen MR) is 31.9 cm³/mol. The van der Waals surface area contributed by atoms with Gasteiger partial charge in [-0.25, -0.2) is 0 Å². The van der Waals surface area contributed by atoms with E-state index in [1.54, 1.807) is 12.3 Å². The van der Waals surface area contributed by atoms with E-state index in [1.807, 2.05) is 0 Å². The number of aliphatic hydroxyl groups excluding tert-OH is 1. The fourth-order valence-corrected chi connectivity index (χ4v) is 0.412. The minimum atomic E-state index is -0.0114. The summed E-state index contributed by atoms with van der Waals surface area (Å²) in [6, 6.07) is 0. The first-order valence-electron chi connectivity index (χ1n) is 2.29. The molecular formula is C5H6N2O+. The van der Waals surface area contributed by atoms with E-state index in [0.717, 1.165) is 0 Å². The molecule has 0 saturated heterocycles. The first kappa shape index (κ1) is 5.18. The fourth-order valence-electron chi connectivity index (χ4n) is 0.412. The van der Waals surface area contributed by atoms with Crippen molar-refractivity contribution in [2.75, 3.05) is 6.61 Å². The lowest BCUT2D eigenvalue weighted by atomic mass is 10.4. The Morgan fingerprint density at radius 3 is 3.00 bits per heavy atom. The van der Waals surface area contributed by atoms with Gasteiger partial charge in [0.15, 0.2) is 5.70 Å². The van der Waals surface area contributed by atoms with Gasteiger partial charge in [-0.2, -0.15) is 0 Å². The van der Waals surface area contributed by atoms with Crippen molar-refractivity contribution in [1.29, 1.82) is 0 Å². The van der Waals surface area contributed by atoms with Crippen molar-refractivity contribution in [3.8, 4) is 0 Å². The van der Waals surface area contributed by atoms with Crippen LogP contribution in [0.3, 0.4) is 0 Å². The zero-order valence-electron chi connectivity index (χ0n) is 4.28. The van der Waals surface area contributed by atoms with E-state index >= 15 is 0 Å². The van der Waals surface area contributed by atoms with Gasteiger partial charge in [0.05, 0.1) is 0 Å². The second-order valence-corrected chi connectivity index (χ2v) is 1.36. The summed E-state index contributed by atoms with van der Waals surface area (Å²) in [6.07, 6.45) is 4.67. The van der Waals surface area contributed by atoms with E-state index in [4.69, 9.17) is 5.11 Å². The molecule has 1 aliphatic rings. The number of hydrogen-bond donors (Lipinski definition) is 1. The molecular weight excluding hydrogens is 104 g/mol. The summed E-state index contributed by atoms with van der Waals surface area (Å²) in [5.74, 6) is 0. The van der Waals surface area contributed by atoms with Crippen LogP contribution >= 0.6 is 0 Å². The fraction of sp³-hybridized carbons (Fsp3) is 0.200. The topological polar surface area (TPSA) is 46.7 Å². The third kappa shape index (κ3) is 1.01. The van der Waals surface area contributed by atoms with Crippen molar-refractivity contribution in [2.24, 2.45) is 4.99 Å². The van der Waals surface area contributed by atoms with E-state index < -0.39 is 0 Å². The SMILES string of the molecule is OCC1=CC=NC=[N+]1. The van der Waals surface area contributed by atoms with Gasteiger partial charge in [0.1, 0.15) is 12.8 Å². The summed E-state index contributed by atoms with van der Waals surface area (Å²) < 4.78 is 0. The highest BCUT2D eigenvalue weighted by Gasteiger charge is 1.99. The van der Waals surface area contributed by atoms with Crippen molar-refractivity contribution in [3.63, 3.8) is 0 Å². The second-order valence-electron chi connectivity index (χ2n) is 1.36. The average Bonchev–Trinajstić information content (AvgIpc) is 1.90. The monoisotopic (exact) mass is 110 g/mol. The number of rotatable bonds is 1. The number of allylic oxidation sites excluding steroid dienone is 1. The number of aliphatic hydroxyl groups is 1. The lowest BCUT2D eigenvalue weighted by molar-refractivity contribution is 0.327. The van der Waals surface area contributed by atoms with Crippen LogP contribution in [0.25, 0.3) is 0 Å². The van der Waals surface area contributed by atoms with Gasteiger partial charge in [-0.3, -0.25) is 0 Å². The van der Waals surface area contributed by atoms with Gasteiger partial charge in [0, 0.05) is 6.08 Å². The molecule has 0 atom stereocenters. The maximum Gasteiger partial charge on any atom is 0.327 e. The molecule has 1 N–H and O–H groups in total. The molecule has 41 valence electrons. The summed E-state index contributed by atoms with van der Waals surface area (Å²) in [4.78, 5) is 7.41. The molecule has 3 heteroatoms. The molecule has 0 aliphatic carbocycles. The van der Waals surface area contributed by atoms with E-state index in [2.05, 4.69) is 9.98 Å². The Hall–Kier alpha value is -0.960. The highest BCUT2D eigenvalue weighted by molar-refractivity contribution is 5.82. The normalized spacial score (nSPS) is 16.4. The standard InChI is InChI=1S/C5H6N2O/c8-3-5-1-2-6-4-7-5/h1-2,4,8H,3H2/q+1. The van der Waals surface area contributed by atoms with Crippen molar-refractivity contribution in [3.05, 3.63) is 11.8 Å². The number of aliphatic imine (C=N–C) groups is 2. The third-order valence-electron chi connectivity index (χ3n) is 0.805. The van der Waals surface area contributed by atoms with E-state index in [9.17, 15) is 0 Å². The van der Waals surface area contributed by atoms with E-state index in [-0.39, 0.29) is 6.61 Å². The molecule has 0 aromatic heterocycles. The van der Waals surface area contributed by atoms with Crippen molar-refractivity contribution in [2.45, 2.75) is 0 Å². The molecule has 1 heterocycles. The van der Waals surface area contributed by atoms with Crippen molar-refractivity contribution < 1.29 is 5.11 Å². The smallest absolute Gasteiger partial charge is 0.327 e. The van der Waals surface area contributed by atoms with Gasteiger partial charge < -0.3 is 5.11 Å². The molecule has 0 unspecified atom stereocenters. The Morgan fingerprint density at radius 2 is 2.62 bits per heavy atom. The number of nitrogens with zero attached hydrogens (tertiary/aromatic N) is 2. The summed E-state index contributed by atoms with van der Waals surface area (Å²) in [6.45, 7) is -0.0114. The zero-order chi connectivity index (χ0) is 5.82. The van der Waals surface area contributed by atoms with Crippen LogP contribution in [0, 0.1) is 0 Å². The van der Waals surface area contributed by atoms with E-state index in [1.165, 1.54) is 6.34 Å². The van der Waals surface area contributed by atoms with Crippen LogP contribution < -0.4 is 4.99 Å². The third-order valence-corrected chi connectivity index (χ3v) is 0.805. The van der Waals surface area contributed by atoms with E-state index in [0.29, 0.717) is 5.70 Å². The van der Waals surface area contributed by atoms with Crippen LogP contribution in [0.15, 0.2) is 16.8 Å². The summed E-state index contributed by atoms with van der Waals surface area (Å²) >= 11 is 0. The molecule has 0 spiro atoms. The van der Waals surface area contributed by atoms with Crippen LogP contribution in [0.1, 0.15) is 0 Å². The van der Waals surface area contributed by atoms with Gasteiger partial charge in [-0.05, 0) is 4.99 Å². The molecule has 3 nitrogen and oxygen atoms in total. The molecule has 1 rings (SSSR count). The maximum absolute atomic E-state index is 8.45. The average molecular weight is 110 g/mol. The van der Waals surface area contributed by atoms with Gasteiger partial charge >= 0.3 is 6.34 Å². The highest BCUT2D eigenvalue weighted by atomic mass is 16.3. The summed E-state index contributed by atoms with van der Waals surface area (Å²) in [7, 11) is 0. The van der Waals surface area contributed by atoms with Crippen LogP contribution in [-0.4, -0.2) is 24.3 Å². The molecule has 0 aromatic carbocycles. The minimum absolute atomic E-state index is 0.0114. The second kappa shape index (κ2) is 2.37. The van der Waals surface area contributed by atoms with Crippen molar-refractivity contribution >= 4 is 12.6 Å². The summed E-state index contributed by atoms with van der Waals surface area (Å²) in [5, 5.41) is 8.45. The molecule has 0 aromatic rings.